The number of para-hydroxylation sites is 1. The highest BCUT2D eigenvalue weighted by Crippen LogP contribution is 2.50. The molecule has 4 heteroatoms. The van der Waals surface area contributed by atoms with Gasteiger partial charge in [-0.3, -0.25) is 9.88 Å². The first-order valence-corrected chi connectivity index (χ1v) is 11.2. The lowest BCUT2D eigenvalue weighted by Gasteiger charge is -2.30. The standard InChI is InChI=1S/C25H32N2O2/c1-18-10-11-24(26-14-18)25(28)13-12-19-15-27(17-22(19)25)16-20-6-2-5-9-23(20)29-21-7-3-4-8-21/h2,5-6,9-11,14,19,21-22,28H,3-4,7-8,12-13,15-17H2,1H3/t19-,22+,25-/m1/s1. The summed E-state index contributed by atoms with van der Waals surface area (Å²) in [6.07, 6.45) is 9.09. The van der Waals surface area contributed by atoms with Gasteiger partial charge >= 0.3 is 0 Å². The molecule has 2 aromatic rings. The monoisotopic (exact) mass is 392 g/mol. The van der Waals surface area contributed by atoms with Crippen LogP contribution in [0.3, 0.4) is 0 Å². The molecule has 3 atom stereocenters. The number of aromatic nitrogens is 1. The summed E-state index contributed by atoms with van der Waals surface area (Å²) in [6, 6.07) is 12.6. The van der Waals surface area contributed by atoms with Gasteiger partial charge in [0.25, 0.3) is 0 Å². The minimum atomic E-state index is -0.785. The summed E-state index contributed by atoms with van der Waals surface area (Å²) in [4.78, 5) is 7.09. The fourth-order valence-corrected chi connectivity index (χ4v) is 5.73. The summed E-state index contributed by atoms with van der Waals surface area (Å²) in [5.41, 5.74) is 2.48. The molecule has 3 fully saturated rings. The number of hydrogen-bond donors (Lipinski definition) is 1. The quantitative estimate of drug-likeness (QED) is 0.817. The van der Waals surface area contributed by atoms with E-state index in [2.05, 4.69) is 40.2 Å². The molecule has 2 saturated carbocycles. The third kappa shape index (κ3) is 3.69. The summed E-state index contributed by atoms with van der Waals surface area (Å²) in [6.45, 7) is 4.92. The molecule has 0 radical (unpaired) electrons. The smallest absolute Gasteiger partial charge is 0.124 e. The van der Waals surface area contributed by atoms with Gasteiger partial charge < -0.3 is 9.84 Å². The number of benzene rings is 1. The summed E-state index contributed by atoms with van der Waals surface area (Å²) >= 11 is 0. The number of likely N-dealkylation sites (tertiary alicyclic amines) is 1. The molecule has 1 aliphatic heterocycles. The summed E-state index contributed by atoms with van der Waals surface area (Å²) < 4.78 is 6.35. The van der Waals surface area contributed by atoms with E-state index in [4.69, 9.17) is 4.74 Å². The van der Waals surface area contributed by atoms with Crippen molar-refractivity contribution in [3.05, 3.63) is 59.4 Å². The zero-order chi connectivity index (χ0) is 19.8. The van der Waals surface area contributed by atoms with Crippen molar-refractivity contribution >= 4 is 0 Å². The Morgan fingerprint density at radius 2 is 1.93 bits per heavy atom. The van der Waals surface area contributed by atoms with Crippen molar-refractivity contribution in [3.8, 4) is 5.75 Å². The molecule has 5 rings (SSSR count). The average Bonchev–Trinajstić information content (AvgIpc) is 3.44. The first-order valence-electron chi connectivity index (χ1n) is 11.2. The van der Waals surface area contributed by atoms with Crippen molar-refractivity contribution in [2.75, 3.05) is 13.1 Å². The lowest BCUT2D eigenvalue weighted by atomic mass is 9.85. The molecular weight excluding hydrogens is 360 g/mol. The second-order valence-corrected chi connectivity index (χ2v) is 9.38. The van der Waals surface area contributed by atoms with Gasteiger partial charge in [-0.05, 0) is 69.1 Å². The molecule has 2 aliphatic carbocycles. The maximum atomic E-state index is 11.5. The van der Waals surface area contributed by atoms with Gasteiger partial charge in [-0.15, -0.1) is 0 Å². The number of aliphatic hydroxyl groups is 1. The molecule has 0 bridgehead atoms. The minimum absolute atomic E-state index is 0.264. The van der Waals surface area contributed by atoms with E-state index < -0.39 is 5.60 Å². The number of pyridine rings is 1. The fraction of sp³-hybridized carbons (Fsp3) is 0.560. The van der Waals surface area contributed by atoms with Crippen LogP contribution >= 0.6 is 0 Å². The van der Waals surface area contributed by atoms with Gasteiger partial charge in [-0.1, -0.05) is 24.3 Å². The van der Waals surface area contributed by atoms with Crippen LogP contribution in [0, 0.1) is 18.8 Å². The molecule has 0 amide bonds. The average molecular weight is 393 g/mol. The third-order valence-electron chi connectivity index (χ3n) is 7.34. The number of hydrogen-bond acceptors (Lipinski definition) is 4. The van der Waals surface area contributed by atoms with Crippen LogP contribution in [0.2, 0.25) is 0 Å². The first kappa shape index (κ1) is 19.1. The van der Waals surface area contributed by atoms with E-state index in [0.29, 0.717) is 12.0 Å². The zero-order valence-electron chi connectivity index (χ0n) is 17.4. The Labute approximate surface area is 173 Å². The summed E-state index contributed by atoms with van der Waals surface area (Å²) in [5, 5.41) is 11.5. The maximum Gasteiger partial charge on any atom is 0.124 e. The molecule has 1 aromatic carbocycles. The number of ether oxygens (including phenoxy) is 1. The Morgan fingerprint density at radius 1 is 1.10 bits per heavy atom. The van der Waals surface area contributed by atoms with Gasteiger partial charge in [-0.25, -0.2) is 0 Å². The van der Waals surface area contributed by atoms with E-state index in [0.717, 1.165) is 49.5 Å². The van der Waals surface area contributed by atoms with Crippen molar-refractivity contribution in [3.63, 3.8) is 0 Å². The van der Waals surface area contributed by atoms with Gasteiger partial charge in [0.1, 0.15) is 11.4 Å². The van der Waals surface area contributed by atoms with Crippen LogP contribution in [0.4, 0.5) is 0 Å². The molecule has 0 unspecified atom stereocenters. The molecule has 2 heterocycles. The van der Waals surface area contributed by atoms with E-state index in [-0.39, 0.29) is 5.92 Å². The Kier molecular flexibility index (Phi) is 5.09. The SMILES string of the molecule is Cc1ccc([C@@]2(O)CC[C@@H]3CN(Cc4ccccc4OC4CCCC4)C[C@@H]32)nc1. The van der Waals surface area contributed by atoms with Crippen molar-refractivity contribution in [2.45, 2.75) is 63.7 Å². The van der Waals surface area contributed by atoms with E-state index >= 15 is 0 Å². The van der Waals surface area contributed by atoms with Gasteiger partial charge in [0.2, 0.25) is 0 Å². The van der Waals surface area contributed by atoms with Crippen LogP contribution in [-0.2, 0) is 12.1 Å². The van der Waals surface area contributed by atoms with E-state index in [1.807, 2.05) is 19.2 Å². The molecular formula is C25H32N2O2. The minimum Gasteiger partial charge on any atom is -0.490 e. The number of fused-ring (bicyclic) bond motifs is 1. The fourth-order valence-electron chi connectivity index (χ4n) is 5.73. The molecule has 0 spiro atoms. The topological polar surface area (TPSA) is 45.6 Å². The summed E-state index contributed by atoms with van der Waals surface area (Å²) in [7, 11) is 0. The maximum absolute atomic E-state index is 11.5. The highest BCUT2D eigenvalue weighted by atomic mass is 16.5. The first-order chi connectivity index (χ1) is 14.1. The van der Waals surface area contributed by atoms with Crippen molar-refractivity contribution in [1.82, 2.24) is 9.88 Å². The van der Waals surface area contributed by atoms with Crippen LogP contribution in [0.1, 0.15) is 55.3 Å². The highest BCUT2D eigenvalue weighted by molar-refractivity contribution is 5.34. The third-order valence-corrected chi connectivity index (χ3v) is 7.34. The van der Waals surface area contributed by atoms with E-state index in [1.165, 1.54) is 31.2 Å². The van der Waals surface area contributed by atoms with Gasteiger partial charge in [-0.2, -0.15) is 0 Å². The summed E-state index contributed by atoms with van der Waals surface area (Å²) in [5.74, 6) is 1.86. The van der Waals surface area contributed by atoms with Crippen molar-refractivity contribution in [2.24, 2.45) is 11.8 Å². The molecule has 3 aliphatic rings. The Balaban J connectivity index is 1.30. The highest BCUT2D eigenvalue weighted by Gasteiger charge is 2.53. The van der Waals surface area contributed by atoms with Crippen LogP contribution in [-0.4, -0.2) is 34.2 Å². The van der Waals surface area contributed by atoms with Gasteiger partial charge in [0.15, 0.2) is 0 Å². The Morgan fingerprint density at radius 3 is 2.72 bits per heavy atom. The molecule has 1 saturated heterocycles. The predicted molar refractivity (Wildman–Crippen MR) is 114 cm³/mol. The molecule has 154 valence electrons. The van der Waals surface area contributed by atoms with Crippen molar-refractivity contribution in [1.29, 1.82) is 0 Å². The zero-order valence-corrected chi connectivity index (χ0v) is 17.4. The van der Waals surface area contributed by atoms with Gasteiger partial charge in [0.05, 0.1) is 11.8 Å². The van der Waals surface area contributed by atoms with E-state index in [1.54, 1.807) is 0 Å². The number of rotatable bonds is 5. The normalized spacial score (nSPS) is 30.0. The largest absolute Gasteiger partial charge is 0.490 e. The van der Waals surface area contributed by atoms with Crippen LogP contribution in [0.5, 0.6) is 5.75 Å². The van der Waals surface area contributed by atoms with Crippen molar-refractivity contribution < 1.29 is 9.84 Å². The lowest BCUT2D eigenvalue weighted by Crippen LogP contribution is -2.35. The number of nitrogens with zero attached hydrogens (tertiary/aromatic N) is 2. The predicted octanol–water partition coefficient (Wildman–Crippen LogP) is 4.44. The van der Waals surface area contributed by atoms with E-state index in [9.17, 15) is 5.11 Å². The second kappa shape index (κ2) is 7.73. The van der Waals surface area contributed by atoms with Crippen LogP contribution < -0.4 is 4.74 Å². The molecule has 4 nitrogen and oxygen atoms in total. The van der Waals surface area contributed by atoms with Gasteiger partial charge in [0, 0.05) is 37.3 Å². The van der Waals surface area contributed by atoms with Crippen LogP contribution in [0.25, 0.3) is 0 Å². The second-order valence-electron chi connectivity index (χ2n) is 9.38. The number of aryl methyl sites for hydroxylation is 1. The Bertz CT molecular complexity index is 846. The molecule has 1 N–H and O–H groups in total. The molecule has 29 heavy (non-hydrogen) atoms. The molecule has 1 aromatic heterocycles. The Hall–Kier alpha value is -1.91. The lowest BCUT2D eigenvalue weighted by molar-refractivity contribution is -0.0108. The van der Waals surface area contributed by atoms with Crippen LogP contribution in [0.15, 0.2) is 42.6 Å².